The van der Waals surface area contributed by atoms with Crippen molar-refractivity contribution in [2.24, 2.45) is 11.7 Å². The van der Waals surface area contributed by atoms with E-state index in [2.05, 4.69) is 10.1 Å². The summed E-state index contributed by atoms with van der Waals surface area (Å²) < 4.78 is 43.1. The summed E-state index contributed by atoms with van der Waals surface area (Å²) in [4.78, 5) is 30.5. The maximum absolute atomic E-state index is 14.0. The van der Waals surface area contributed by atoms with Crippen molar-refractivity contribution in [3.8, 4) is 11.3 Å². The third-order valence-electron chi connectivity index (χ3n) is 6.19. The molecule has 2 aromatic heterocycles. The summed E-state index contributed by atoms with van der Waals surface area (Å²) in [5.41, 5.74) is 10.4. The van der Waals surface area contributed by atoms with Gasteiger partial charge in [-0.2, -0.15) is 13.2 Å². The van der Waals surface area contributed by atoms with Gasteiger partial charge in [0, 0.05) is 24.3 Å². The molecule has 166 valence electrons. The number of primary amides is 1. The Balaban J connectivity index is 1.66. The molecule has 0 bridgehead atoms. The zero-order valence-corrected chi connectivity index (χ0v) is 17.0. The molecule has 0 spiro atoms. The van der Waals surface area contributed by atoms with Crippen LogP contribution in [0.2, 0.25) is 0 Å². The van der Waals surface area contributed by atoms with Crippen LogP contribution >= 0.6 is 0 Å². The van der Waals surface area contributed by atoms with Crippen molar-refractivity contribution in [3.63, 3.8) is 0 Å². The van der Waals surface area contributed by atoms with Gasteiger partial charge in [-0.15, -0.1) is 5.10 Å². The number of nitrogens with two attached hydrogens (primary N) is 2. The van der Waals surface area contributed by atoms with E-state index in [4.69, 9.17) is 11.5 Å². The zero-order valence-electron chi connectivity index (χ0n) is 17.0. The smallest absolute Gasteiger partial charge is 0.381 e. The minimum absolute atomic E-state index is 0.0432. The number of fused-ring (bicyclic) bond motifs is 2. The van der Waals surface area contributed by atoms with Crippen LogP contribution in [-0.2, 0) is 12.7 Å². The Bertz CT molecular complexity index is 1290. The summed E-state index contributed by atoms with van der Waals surface area (Å²) in [5, 5.41) is 3.95. The second kappa shape index (κ2) is 6.68. The average molecular weight is 444 g/mol. The van der Waals surface area contributed by atoms with Crippen LogP contribution < -0.4 is 11.5 Å². The van der Waals surface area contributed by atoms with Crippen molar-refractivity contribution < 1.29 is 22.8 Å². The van der Waals surface area contributed by atoms with E-state index in [-0.39, 0.29) is 46.4 Å². The van der Waals surface area contributed by atoms with Gasteiger partial charge in [-0.3, -0.25) is 9.59 Å². The van der Waals surface area contributed by atoms with Gasteiger partial charge >= 0.3 is 6.18 Å². The molecular formula is C21H19F3N6O2. The van der Waals surface area contributed by atoms with E-state index in [0.29, 0.717) is 11.5 Å². The SMILES string of the molecule is CC(C1CC1)N1Cc2cc(-c3ccn4nc(N)c(C(N)=O)c4n3)cc(C(F)(F)F)c2C1=O. The Hall–Kier alpha value is -3.63. The van der Waals surface area contributed by atoms with E-state index in [1.54, 1.807) is 6.07 Å². The molecule has 8 nitrogen and oxygen atoms in total. The summed E-state index contributed by atoms with van der Waals surface area (Å²) in [7, 11) is 0. The van der Waals surface area contributed by atoms with Crippen LogP contribution in [0.25, 0.3) is 16.9 Å². The van der Waals surface area contributed by atoms with Crippen LogP contribution in [0.5, 0.6) is 0 Å². The molecule has 1 atom stereocenters. The second-order valence-electron chi connectivity index (χ2n) is 8.27. The molecule has 1 fully saturated rings. The number of anilines is 1. The predicted octanol–water partition coefficient (Wildman–Crippen LogP) is 2.85. The molecular weight excluding hydrogens is 425 g/mol. The largest absolute Gasteiger partial charge is 0.417 e. The summed E-state index contributed by atoms with van der Waals surface area (Å²) in [6.07, 6.45) is -1.34. The maximum atomic E-state index is 14.0. The number of hydrogen-bond acceptors (Lipinski definition) is 5. The topological polar surface area (TPSA) is 120 Å². The highest BCUT2D eigenvalue weighted by Crippen LogP contribution is 2.43. The summed E-state index contributed by atoms with van der Waals surface area (Å²) in [6, 6.07) is 3.81. The number of alkyl halides is 3. The third kappa shape index (κ3) is 3.07. The number of benzene rings is 1. The fourth-order valence-electron chi connectivity index (χ4n) is 4.36. The van der Waals surface area contributed by atoms with E-state index in [0.717, 1.165) is 18.9 Å². The highest BCUT2D eigenvalue weighted by Gasteiger charge is 2.44. The normalized spacial score (nSPS) is 17.1. The first kappa shape index (κ1) is 20.3. The Morgan fingerprint density at radius 1 is 1.28 bits per heavy atom. The number of aromatic nitrogens is 3. The highest BCUT2D eigenvalue weighted by atomic mass is 19.4. The predicted molar refractivity (Wildman–Crippen MR) is 108 cm³/mol. The molecule has 3 heterocycles. The summed E-state index contributed by atoms with van der Waals surface area (Å²) in [6.45, 7) is 1.98. The highest BCUT2D eigenvalue weighted by molar-refractivity contribution is 6.03. The Morgan fingerprint density at radius 3 is 2.62 bits per heavy atom. The number of nitrogen functional groups attached to an aromatic ring is 1. The Morgan fingerprint density at radius 2 is 2.00 bits per heavy atom. The van der Waals surface area contributed by atoms with E-state index < -0.39 is 23.6 Å². The number of carbonyl (C=O) groups is 2. The van der Waals surface area contributed by atoms with Gasteiger partial charge in [0.1, 0.15) is 5.56 Å². The van der Waals surface area contributed by atoms with Crippen LogP contribution in [0.3, 0.4) is 0 Å². The average Bonchev–Trinajstić information content (AvgIpc) is 3.44. The van der Waals surface area contributed by atoms with Gasteiger partial charge < -0.3 is 16.4 Å². The third-order valence-corrected chi connectivity index (χ3v) is 6.19. The lowest BCUT2D eigenvalue weighted by atomic mass is 9.97. The fourth-order valence-corrected chi connectivity index (χ4v) is 4.36. The quantitative estimate of drug-likeness (QED) is 0.641. The molecule has 0 saturated heterocycles. The molecule has 32 heavy (non-hydrogen) atoms. The molecule has 11 heteroatoms. The van der Waals surface area contributed by atoms with Crippen LogP contribution in [0.1, 0.15) is 51.6 Å². The molecule has 5 rings (SSSR count). The van der Waals surface area contributed by atoms with E-state index >= 15 is 0 Å². The van der Waals surface area contributed by atoms with Gasteiger partial charge in [-0.05, 0) is 49.4 Å². The standard InChI is InChI=1S/C21H19F3N6O2/c1-9(10-2-3-10)29-8-12-6-11(7-13(21(22,23)24)15(12)20(29)32)14-4-5-30-19(27-14)16(18(26)31)17(25)28-30/h4-7,9-10H,2-3,8H2,1H3,(H2,25,28)(H2,26,31). The fraction of sp³-hybridized carbons (Fsp3) is 0.333. The van der Waals surface area contributed by atoms with Crippen molar-refractivity contribution in [1.29, 1.82) is 0 Å². The number of halogens is 3. The van der Waals surface area contributed by atoms with Crippen molar-refractivity contribution in [2.75, 3.05) is 5.73 Å². The minimum Gasteiger partial charge on any atom is -0.381 e. The van der Waals surface area contributed by atoms with Gasteiger partial charge in [-0.25, -0.2) is 9.50 Å². The lowest BCUT2D eigenvalue weighted by Crippen LogP contribution is -2.35. The second-order valence-corrected chi connectivity index (χ2v) is 8.27. The molecule has 3 aromatic rings. The molecule has 0 radical (unpaired) electrons. The number of nitrogens with zero attached hydrogens (tertiary/aromatic N) is 4. The van der Waals surface area contributed by atoms with Gasteiger partial charge in [-0.1, -0.05) is 0 Å². The van der Waals surface area contributed by atoms with Crippen LogP contribution in [0, 0.1) is 5.92 Å². The lowest BCUT2D eigenvalue weighted by molar-refractivity contribution is -0.137. The van der Waals surface area contributed by atoms with Gasteiger partial charge in [0.2, 0.25) is 0 Å². The number of hydrogen-bond donors (Lipinski definition) is 2. The van der Waals surface area contributed by atoms with Crippen LogP contribution in [0.4, 0.5) is 19.0 Å². The molecule has 2 aliphatic rings. The zero-order chi connectivity index (χ0) is 22.9. The van der Waals surface area contributed by atoms with E-state index in [1.165, 1.54) is 21.7 Å². The van der Waals surface area contributed by atoms with Crippen molar-refractivity contribution in [1.82, 2.24) is 19.5 Å². The summed E-state index contributed by atoms with van der Waals surface area (Å²) in [5.74, 6) is -1.24. The van der Waals surface area contributed by atoms with Crippen LogP contribution in [-0.4, -0.2) is 37.4 Å². The van der Waals surface area contributed by atoms with Gasteiger partial charge in [0.25, 0.3) is 11.8 Å². The van der Waals surface area contributed by atoms with Crippen molar-refractivity contribution in [2.45, 2.75) is 38.5 Å². The summed E-state index contributed by atoms with van der Waals surface area (Å²) >= 11 is 0. The number of rotatable bonds is 4. The molecule has 1 aromatic carbocycles. The molecule has 1 saturated carbocycles. The molecule has 1 unspecified atom stereocenters. The van der Waals surface area contributed by atoms with E-state index in [9.17, 15) is 22.8 Å². The maximum Gasteiger partial charge on any atom is 0.417 e. The number of carbonyl (C=O) groups excluding carboxylic acids is 2. The first-order valence-electron chi connectivity index (χ1n) is 10.1. The Labute approximate surface area is 180 Å². The van der Waals surface area contributed by atoms with E-state index in [1.807, 2.05) is 6.92 Å². The minimum atomic E-state index is -4.72. The van der Waals surface area contributed by atoms with Gasteiger partial charge in [0.05, 0.1) is 16.8 Å². The lowest BCUT2D eigenvalue weighted by Gasteiger charge is -2.24. The molecule has 1 aliphatic carbocycles. The number of amides is 2. The molecule has 4 N–H and O–H groups in total. The molecule has 2 amide bonds. The van der Waals surface area contributed by atoms with Crippen LogP contribution in [0.15, 0.2) is 24.4 Å². The Kier molecular flexibility index (Phi) is 4.24. The molecule has 1 aliphatic heterocycles. The first-order valence-corrected chi connectivity index (χ1v) is 10.1. The monoisotopic (exact) mass is 444 g/mol. The van der Waals surface area contributed by atoms with Crippen molar-refractivity contribution >= 4 is 23.3 Å². The van der Waals surface area contributed by atoms with Gasteiger partial charge in [0.15, 0.2) is 11.5 Å². The van der Waals surface area contributed by atoms with Crippen molar-refractivity contribution in [3.05, 3.63) is 46.6 Å². The first-order chi connectivity index (χ1) is 15.1.